The van der Waals surface area contributed by atoms with Crippen LogP contribution in [0, 0.1) is 5.82 Å². The number of piperazine rings is 1. The van der Waals surface area contributed by atoms with Crippen LogP contribution in [-0.4, -0.2) is 106 Å². The molecule has 0 radical (unpaired) electrons. The summed E-state index contributed by atoms with van der Waals surface area (Å²) in [6.07, 6.45) is -10.1. The van der Waals surface area contributed by atoms with Crippen molar-refractivity contribution in [2.24, 2.45) is 0 Å². The Morgan fingerprint density at radius 2 is 1.36 bits per heavy atom. The van der Waals surface area contributed by atoms with Gasteiger partial charge < -0.3 is 19.1 Å². The second-order valence-corrected chi connectivity index (χ2v) is 10.7. The summed E-state index contributed by atoms with van der Waals surface area (Å²) in [7, 11) is 4.54. The number of methoxy groups -OCH3 is 3. The fraction of sp³-hybridized carbons (Fsp3) is 0.552. The summed E-state index contributed by atoms with van der Waals surface area (Å²) in [6.45, 7) is 3.32. The third-order valence-electron chi connectivity index (χ3n) is 7.98. The van der Waals surface area contributed by atoms with E-state index < -0.39 is 46.8 Å². The monoisotopic (exact) mass is 693 g/mol. The predicted molar refractivity (Wildman–Crippen MR) is 157 cm³/mol. The lowest BCUT2D eigenvalue weighted by Gasteiger charge is -2.42. The molecule has 7 nitrogen and oxygen atoms in total. The highest BCUT2D eigenvalue weighted by atomic mass is 35.5. The van der Waals surface area contributed by atoms with Crippen LogP contribution in [0.1, 0.15) is 27.0 Å². The number of nitrogens with zero attached hydrogens (tertiary/aromatic N) is 3. The molecule has 2 saturated heterocycles. The van der Waals surface area contributed by atoms with Crippen molar-refractivity contribution in [3.8, 4) is 5.75 Å². The van der Waals surface area contributed by atoms with Gasteiger partial charge in [0.1, 0.15) is 0 Å². The summed E-state index contributed by atoms with van der Waals surface area (Å²) >= 11 is 0. The van der Waals surface area contributed by atoms with Crippen LogP contribution in [0.25, 0.3) is 0 Å². The summed E-state index contributed by atoms with van der Waals surface area (Å²) in [4.78, 5) is 19.2. The number of hydrogen-bond donors (Lipinski definition) is 0. The van der Waals surface area contributed by atoms with E-state index in [1.165, 1.54) is 30.2 Å². The minimum absolute atomic E-state index is 0. The second-order valence-electron chi connectivity index (χ2n) is 10.7. The lowest BCUT2D eigenvalue weighted by atomic mass is 9.99. The van der Waals surface area contributed by atoms with E-state index in [0.29, 0.717) is 57.0 Å². The van der Waals surface area contributed by atoms with Crippen LogP contribution in [0.15, 0.2) is 36.4 Å². The summed E-state index contributed by atoms with van der Waals surface area (Å²) in [6, 6.07) is 4.44. The van der Waals surface area contributed by atoms with Crippen LogP contribution < -0.4 is 4.74 Å². The highest BCUT2D eigenvalue weighted by Crippen LogP contribution is 2.37. The number of halogens is 9. The maximum atomic E-state index is 14.1. The number of rotatable bonds is 9. The van der Waals surface area contributed by atoms with E-state index >= 15 is 0 Å². The Balaban J connectivity index is 0.00000353. The van der Waals surface area contributed by atoms with Crippen molar-refractivity contribution >= 4 is 30.7 Å². The number of hydrogen-bond acceptors (Lipinski definition) is 6. The number of ether oxygens (including phenoxy) is 3. The Morgan fingerprint density at radius 1 is 0.800 bits per heavy atom. The van der Waals surface area contributed by atoms with Gasteiger partial charge in [0.15, 0.2) is 11.6 Å². The molecule has 2 fully saturated rings. The smallest absolute Gasteiger partial charge is 0.416 e. The van der Waals surface area contributed by atoms with Crippen LogP contribution in [0.4, 0.5) is 30.7 Å². The van der Waals surface area contributed by atoms with Crippen LogP contribution in [0.3, 0.4) is 0 Å². The van der Waals surface area contributed by atoms with Gasteiger partial charge in [-0.3, -0.25) is 14.6 Å². The van der Waals surface area contributed by atoms with Gasteiger partial charge in [-0.1, -0.05) is 6.07 Å². The highest BCUT2D eigenvalue weighted by molar-refractivity contribution is 5.95. The summed E-state index contributed by atoms with van der Waals surface area (Å²) in [5, 5.41) is 0. The first kappa shape index (κ1) is 38.8. The molecule has 0 unspecified atom stereocenters. The molecule has 0 N–H and O–H groups in total. The van der Waals surface area contributed by atoms with Gasteiger partial charge in [0.25, 0.3) is 5.91 Å². The van der Waals surface area contributed by atoms with Gasteiger partial charge in [-0.25, -0.2) is 4.39 Å². The Kier molecular flexibility index (Phi) is 13.8. The van der Waals surface area contributed by atoms with Gasteiger partial charge in [-0.2, -0.15) is 26.3 Å². The largest absolute Gasteiger partial charge is 0.494 e. The number of amides is 1. The van der Waals surface area contributed by atoms with Gasteiger partial charge in [0, 0.05) is 71.6 Å². The van der Waals surface area contributed by atoms with Crippen LogP contribution >= 0.6 is 24.8 Å². The lowest BCUT2D eigenvalue weighted by molar-refractivity contribution is -0.143. The topological polar surface area (TPSA) is 54.5 Å². The van der Waals surface area contributed by atoms with E-state index in [0.717, 1.165) is 0 Å². The third-order valence-corrected chi connectivity index (χ3v) is 7.98. The van der Waals surface area contributed by atoms with Crippen molar-refractivity contribution in [1.29, 1.82) is 0 Å². The van der Waals surface area contributed by atoms with E-state index in [-0.39, 0.29) is 61.8 Å². The molecule has 4 rings (SSSR count). The Morgan fingerprint density at radius 3 is 1.87 bits per heavy atom. The van der Waals surface area contributed by atoms with Crippen molar-refractivity contribution in [1.82, 2.24) is 14.7 Å². The maximum Gasteiger partial charge on any atom is 0.416 e. The average molecular weight is 695 g/mol. The molecular formula is C29H36Cl2F7N3O4. The molecule has 2 aromatic carbocycles. The predicted octanol–water partition coefficient (Wildman–Crippen LogP) is 5.43. The summed E-state index contributed by atoms with van der Waals surface area (Å²) in [5.74, 6) is -1.56. The Bertz CT molecular complexity index is 1240. The van der Waals surface area contributed by atoms with Gasteiger partial charge in [0.05, 0.1) is 30.4 Å². The van der Waals surface area contributed by atoms with Gasteiger partial charge in [-0.05, 0) is 42.3 Å². The molecule has 3 atom stereocenters. The van der Waals surface area contributed by atoms with Crippen LogP contribution in [-0.2, 0) is 28.2 Å². The molecule has 0 bridgehead atoms. The van der Waals surface area contributed by atoms with Crippen LogP contribution in [0.2, 0.25) is 0 Å². The molecule has 2 aliphatic heterocycles. The molecule has 0 spiro atoms. The van der Waals surface area contributed by atoms with Gasteiger partial charge in [-0.15, -0.1) is 24.8 Å². The number of carbonyl (C=O) groups is 1. The number of carbonyl (C=O) groups excluding carboxylic acids is 1. The molecule has 254 valence electrons. The number of likely N-dealkylation sites (tertiary alicyclic amines) is 1. The van der Waals surface area contributed by atoms with E-state index in [2.05, 4.69) is 9.80 Å². The first-order chi connectivity index (χ1) is 20.2. The normalized spacial score (nSPS) is 21.3. The molecule has 45 heavy (non-hydrogen) atoms. The Hall–Kier alpha value is -2.36. The Labute approximate surface area is 269 Å². The third kappa shape index (κ3) is 9.58. The van der Waals surface area contributed by atoms with Crippen molar-refractivity contribution in [2.45, 2.75) is 37.0 Å². The van der Waals surface area contributed by atoms with E-state index in [9.17, 15) is 35.5 Å². The van der Waals surface area contributed by atoms with Crippen molar-refractivity contribution < 1.29 is 49.7 Å². The first-order valence-corrected chi connectivity index (χ1v) is 13.7. The quantitative estimate of drug-likeness (QED) is 0.327. The fourth-order valence-corrected chi connectivity index (χ4v) is 5.65. The van der Waals surface area contributed by atoms with E-state index in [1.807, 2.05) is 0 Å². The molecule has 2 aliphatic rings. The molecular weight excluding hydrogens is 658 g/mol. The summed E-state index contributed by atoms with van der Waals surface area (Å²) < 4.78 is 111. The molecule has 16 heteroatoms. The zero-order valence-electron chi connectivity index (χ0n) is 24.8. The van der Waals surface area contributed by atoms with E-state index in [4.69, 9.17) is 14.2 Å². The van der Waals surface area contributed by atoms with Crippen molar-refractivity contribution in [2.75, 3.05) is 67.1 Å². The van der Waals surface area contributed by atoms with Crippen molar-refractivity contribution in [3.05, 3.63) is 64.5 Å². The standard InChI is InChI=1S/C29H34F7N3O4.2ClH/c1-41-24-11-18(4-5-23(24)30)10-22-15-37(6-7-38-16-25(42-2)26(17-38)43-3)8-9-39(22)27(40)19-12-20(28(31,32)33)14-21(13-19)29(34,35)36;;/h4-5,11-14,22,25-26H,6-10,15-17H2,1-3H3;2*1H/t22-,25+,26+;;/m1../s1. The zero-order valence-corrected chi connectivity index (χ0v) is 26.4. The molecule has 1 amide bonds. The lowest BCUT2D eigenvalue weighted by Crippen LogP contribution is -2.57. The van der Waals surface area contributed by atoms with Gasteiger partial charge >= 0.3 is 12.4 Å². The minimum Gasteiger partial charge on any atom is -0.494 e. The van der Waals surface area contributed by atoms with Crippen LogP contribution in [0.5, 0.6) is 5.75 Å². The first-order valence-electron chi connectivity index (χ1n) is 13.7. The second kappa shape index (κ2) is 16.0. The molecule has 0 aromatic heterocycles. The summed E-state index contributed by atoms with van der Waals surface area (Å²) in [5.41, 5.74) is -3.23. The van der Waals surface area contributed by atoms with Crippen molar-refractivity contribution in [3.63, 3.8) is 0 Å². The van der Waals surface area contributed by atoms with E-state index in [1.54, 1.807) is 14.2 Å². The SMILES string of the molecule is COc1cc(C[C@@H]2CN(CCN3C[C@H](OC)[C@@H](OC)C3)CCN2C(=O)c2cc(C(F)(F)F)cc(C(F)(F)F)c2)ccc1F.Cl.Cl. The molecule has 2 aromatic rings. The molecule has 0 aliphatic carbocycles. The highest BCUT2D eigenvalue weighted by Gasteiger charge is 2.39. The minimum atomic E-state index is -5.09. The number of alkyl halides is 6. The maximum absolute atomic E-state index is 14.1. The molecule has 0 saturated carbocycles. The van der Waals surface area contributed by atoms with Gasteiger partial charge in [0.2, 0.25) is 0 Å². The molecule has 2 heterocycles. The zero-order chi connectivity index (χ0) is 31.5. The number of benzene rings is 2. The average Bonchev–Trinajstić information content (AvgIpc) is 3.38. The fourth-order valence-electron chi connectivity index (χ4n) is 5.65.